The van der Waals surface area contributed by atoms with E-state index in [0.717, 1.165) is 17.9 Å². The normalized spacial score (nSPS) is 13.4. The highest BCUT2D eigenvalue weighted by atomic mass is 35.5. The Morgan fingerprint density at radius 2 is 2.12 bits per heavy atom. The van der Waals surface area contributed by atoms with Crippen LogP contribution in [0, 0.1) is 0 Å². The molecule has 1 aliphatic heterocycles. The molecular weight excluding hydrogens is 356 g/mol. The van der Waals surface area contributed by atoms with Crippen molar-refractivity contribution in [3.63, 3.8) is 0 Å². The minimum absolute atomic E-state index is 0.226. The summed E-state index contributed by atoms with van der Waals surface area (Å²) in [6.45, 7) is 1.51. The van der Waals surface area contributed by atoms with E-state index in [1.807, 2.05) is 28.8 Å². The van der Waals surface area contributed by atoms with Crippen LogP contribution >= 0.6 is 11.6 Å². The molecule has 134 valence electrons. The highest BCUT2D eigenvalue weighted by Crippen LogP contribution is 2.37. The van der Waals surface area contributed by atoms with Crippen molar-refractivity contribution in [1.82, 2.24) is 19.9 Å². The summed E-state index contributed by atoms with van der Waals surface area (Å²) in [5.41, 5.74) is 1.22. The topological polar surface area (TPSA) is 77.8 Å². The number of hydrogen-bond donors (Lipinski definition) is 1. The fraction of sp³-hybridized carbons (Fsp3) is 0.278. The number of pyridine rings is 1. The van der Waals surface area contributed by atoms with Crippen molar-refractivity contribution in [2.45, 2.75) is 12.8 Å². The molecule has 0 saturated carbocycles. The summed E-state index contributed by atoms with van der Waals surface area (Å²) in [7, 11) is 0. The van der Waals surface area contributed by atoms with Crippen LogP contribution in [-0.2, 0) is 6.42 Å². The van der Waals surface area contributed by atoms with Crippen molar-refractivity contribution in [3.05, 3.63) is 52.9 Å². The monoisotopic (exact) mass is 372 g/mol. The van der Waals surface area contributed by atoms with E-state index in [9.17, 15) is 4.79 Å². The Labute approximate surface area is 154 Å². The van der Waals surface area contributed by atoms with Gasteiger partial charge in [0.2, 0.25) is 0 Å². The number of aromatic nitrogens is 3. The molecule has 1 aromatic carbocycles. The molecule has 1 aliphatic rings. The fourth-order valence-electron chi connectivity index (χ4n) is 2.81. The number of ether oxygens (including phenoxy) is 2. The highest BCUT2D eigenvalue weighted by molar-refractivity contribution is 6.32. The SMILES string of the molecule is O=C(NCCc1nnc2ccccn12)c1cc(Cl)c2c(c1)OCCCO2. The van der Waals surface area contributed by atoms with Crippen molar-refractivity contribution >= 4 is 23.2 Å². The number of fused-ring (bicyclic) bond motifs is 2. The first kappa shape index (κ1) is 16.7. The van der Waals surface area contributed by atoms with Crippen LogP contribution in [0.25, 0.3) is 5.65 Å². The molecule has 3 aromatic rings. The van der Waals surface area contributed by atoms with Crippen molar-refractivity contribution in [3.8, 4) is 11.5 Å². The second-order valence-electron chi connectivity index (χ2n) is 5.89. The Bertz CT molecular complexity index is 957. The molecule has 0 saturated heterocycles. The van der Waals surface area contributed by atoms with Gasteiger partial charge in [-0.1, -0.05) is 17.7 Å². The van der Waals surface area contributed by atoms with Gasteiger partial charge in [0.05, 0.1) is 18.2 Å². The number of carbonyl (C=O) groups is 1. The summed E-state index contributed by atoms with van der Waals surface area (Å²) < 4.78 is 13.1. The van der Waals surface area contributed by atoms with Crippen molar-refractivity contribution in [2.24, 2.45) is 0 Å². The number of halogens is 1. The Balaban J connectivity index is 1.43. The van der Waals surface area contributed by atoms with Gasteiger partial charge >= 0.3 is 0 Å². The minimum atomic E-state index is -0.226. The van der Waals surface area contributed by atoms with Crippen LogP contribution in [-0.4, -0.2) is 40.3 Å². The Morgan fingerprint density at radius 3 is 3.04 bits per heavy atom. The smallest absolute Gasteiger partial charge is 0.251 e. The first-order valence-corrected chi connectivity index (χ1v) is 8.76. The molecule has 4 rings (SSSR count). The van der Waals surface area contributed by atoms with Crippen LogP contribution in [0.15, 0.2) is 36.5 Å². The third kappa shape index (κ3) is 3.30. The van der Waals surface area contributed by atoms with Gasteiger partial charge in [-0.2, -0.15) is 0 Å². The lowest BCUT2D eigenvalue weighted by atomic mass is 10.2. The summed E-state index contributed by atoms with van der Waals surface area (Å²) in [6.07, 6.45) is 3.24. The van der Waals surface area contributed by atoms with Gasteiger partial charge < -0.3 is 14.8 Å². The molecule has 2 aromatic heterocycles. The summed E-state index contributed by atoms with van der Waals surface area (Å²) >= 11 is 6.24. The molecule has 1 N–H and O–H groups in total. The maximum Gasteiger partial charge on any atom is 0.251 e. The first-order valence-electron chi connectivity index (χ1n) is 8.38. The number of carbonyl (C=O) groups excluding carboxylic acids is 1. The van der Waals surface area contributed by atoms with E-state index >= 15 is 0 Å². The van der Waals surface area contributed by atoms with Crippen LogP contribution in [0.2, 0.25) is 5.02 Å². The van der Waals surface area contributed by atoms with Gasteiger partial charge in [0.25, 0.3) is 5.91 Å². The van der Waals surface area contributed by atoms with Crippen LogP contribution < -0.4 is 14.8 Å². The number of amides is 1. The lowest BCUT2D eigenvalue weighted by molar-refractivity contribution is 0.0953. The van der Waals surface area contributed by atoms with E-state index in [1.165, 1.54) is 0 Å². The second kappa shape index (κ2) is 7.21. The molecule has 26 heavy (non-hydrogen) atoms. The quantitative estimate of drug-likeness (QED) is 0.761. The predicted molar refractivity (Wildman–Crippen MR) is 96.1 cm³/mol. The zero-order valence-corrected chi connectivity index (χ0v) is 14.7. The lowest BCUT2D eigenvalue weighted by Gasteiger charge is -2.11. The number of benzene rings is 1. The molecule has 3 heterocycles. The molecular formula is C18H17ClN4O3. The highest BCUT2D eigenvalue weighted by Gasteiger charge is 2.18. The van der Waals surface area contributed by atoms with Gasteiger partial charge in [0.1, 0.15) is 5.82 Å². The van der Waals surface area contributed by atoms with Gasteiger partial charge in [0, 0.05) is 31.1 Å². The number of nitrogens with zero attached hydrogens (tertiary/aromatic N) is 3. The molecule has 0 radical (unpaired) electrons. The molecule has 1 amide bonds. The zero-order chi connectivity index (χ0) is 17.9. The van der Waals surface area contributed by atoms with Crippen molar-refractivity contribution in [1.29, 1.82) is 0 Å². The van der Waals surface area contributed by atoms with Crippen LogP contribution in [0.4, 0.5) is 0 Å². The maximum absolute atomic E-state index is 12.5. The van der Waals surface area contributed by atoms with E-state index in [-0.39, 0.29) is 5.91 Å². The number of rotatable bonds is 4. The molecule has 0 bridgehead atoms. The van der Waals surface area contributed by atoms with E-state index in [0.29, 0.717) is 48.3 Å². The van der Waals surface area contributed by atoms with Crippen LogP contribution in [0.5, 0.6) is 11.5 Å². The fourth-order valence-corrected chi connectivity index (χ4v) is 3.08. The number of nitrogens with one attached hydrogen (secondary N) is 1. The third-order valence-corrected chi connectivity index (χ3v) is 4.36. The summed E-state index contributed by atoms with van der Waals surface area (Å²) in [5, 5.41) is 11.5. The molecule has 0 aliphatic carbocycles. The second-order valence-corrected chi connectivity index (χ2v) is 6.29. The standard InChI is InChI=1S/C18H17ClN4O3/c19-13-10-12(11-14-17(13)26-9-3-8-25-14)18(24)20-6-5-16-22-21-15-4-1-2-7-23(15)16/h1-2,4,7,10-11H,3,5-6,8-9H2,(H,20,24). The molecule has 0 atom stereocenters. The van der Waals surface area contributed by atoms with Crippen molar-refractivity contribution < 1.29 is 14.3 Å². The maximum atomic E-state index is 12.5. The largest absolute Gasteiger partial charge is 0.489 e. The number of hydrogen-bond acceptors (Lipinski definition) is 5. The van der Waals surface area contributed by atoms with E-state index in [4.69, 9.17) is 21.1 Å². The Hall–Kier alpha value is -2.80. The molecule has 8 heteroatoms. The Morgan fingerprint density at radius 1 is 1.23 bits per heavy atom. The van der Waals surface area contributed by atoms with E-state index in [2.05, 4.69) is 15.5 Å². The molecule has 0 spiro atoms. The molecule has 7 nitrogen and oxygen atoms in total. The van der Waals surface area contributed by atoms with Gasteiger partial charge in [-0.3, -0.25) is 9.20 Å². The average molecular weight is 373 g/mol. The zero-order valence-electron chi connectivity index (χ0n) is 13.9. The van der Waals surface area contributed by atoms with Crippen LogP contribution in [0.3, 0.4) is 0 Å². The predicted octanol–water partition coefficient (Wildman–Crippen LogP) is 2.52. The van der Waals surface area contributed by atoms with Gasteiger partial charge in [-0.25, -0.2) is 0 Å². The average Bonchev–Trinajstić information content (AvgIpc) is 2.90. The minimum Gasteiger partial charge on any atom is -0.489 e. The molecule has 0 unspecified atom stereocenters. The summed E-state index contributed by atoms with van der Waals surface area (Å²) in [6, 6.07) is 8.96. The summed E-state index contributed by atoms with van der Waals surface area (Å²) in [5.74, 6) is 1.56. The van der Waals surface area contributed by atoms with Gasteiger partial charge in [-0.05, 0) is 24.3 Å². The lowest BCUT2D eigenvalue weighted by Crippen LogP contribution is -2.26. The molecule has 0 fully saturated rings. The third-order valence-electron chi connectivity index (χ3n) is 4.08. The van der Waals surface area contributed by atoms with E-state index in [1.54, 1.807) is 12.1 Å². The Kier molecular flexibility index (Phi) is 4.62. The van der Waals surface area contributed by atoms with Gasteiger partial charge in [-0.15, -0.1) is 10.2 Å². The summed E-state index contributed by atoms with van der Waals surface area (Å²) in [4.78, 5) is 12.5. The van der Waals surface area contributed by atoms with E-state index < -0.39 is 0 Å². The van der Waals surface area contributed by atoms with Crippen molar-refractivity contribution in [2.75, 3.05) is 19.8 Å². The first-order chi connectivity index (χ1) is 12.7. The van der Waals surface area contributed by atoms with Crippen LogP contribution in [0.1, 0.15) is 22.6 Å². The van der Waals surface area contributed by atoms with Gasteiger partial charge in [0.15, 0.2) is 17.1 Å².